The molecule has 1 heterocycles. The van der Waals surface area contributed by atoms with Crippen LogP contribution in [0.2, 0.25) is 5.02 Å². The van der Waals surface area contributed by atoms with Crippen molar-refractivity contribution in [2.75, 3.05) is 5.73 Å². The first kappa shape index (κ1) is 14.3. The first-order valence-electron chi connectivity index (χ1n) is 5.12. The Bertz CT molecular complexity index is 688. The van der Waals surface area contributed by atoms with E-state index in [-0.39, 0.29) is 26.6 Å². The predicted octanol–water partition coefficient (Wildman–Crippen LogP) is 1.89. The van der Waals surface area contributed by atoms with Crippen molar-refractivity contribution < 1.29 is 8.42 Å². The van der Waals surface area contributed by atoms with E-state index >= 15 is 0 Å². The molecule has 0 unspecified atom stereocenters. The van der Waals surface area contributed by atoms with Crippen molar-refractivity contribution in [3.8, 4) is 0 Å². The quantitative estimate of drug-likeness (QED) is 0.720. The van der Waals surface area contributed by atoms with Gasteiger partial charge >= 0.3 is 0 Å². The molecule has 19 heavy (non-hydrogen) atoms. The van der Waals surface area contributed by atoms with Crippen molar-refractivity contribution in [1.82, 2.24) is 14.7 Å². The standard InChI is InChI=1S/C10H10BrClN4O2S/c11-10-7(13)3-6(12)4-8(10)19(17,18)16-5-9-14-1-2-15-9/h1-4,16H,5,13H2,(H,14,15). The highest BCUT2D eigenvalue weighted by Crippen LogP contribution is 2.31. The summed E-state index contributed by atoms with van der Waals surface area (Å²) in [6.45, 7) is 0.0498. The van der Waals surface area contributed by atoms with E-state index in [4.69, 9.17) is 17.3 Å². The van der Waals surface area contributed by atoms with E-state index in [1.54, 1.807) is 6.20 Å². The first-order chi connectivity index (χ1) is 8.90. The van der Waals surface area contributed by atoms with Gasteiger partial charge in [0.25, 0.3) is 0 Å². The molecule has 2 aromatic rings. The van der Waals surface area contributed by atoms with Crippen LogP contribution in [0.1, 0.15) is 5.82 Å². The molecule has 0 aliphatic rings. The second kappa shape index (κ2) is 5.49. The van der Waals surface area contributed by atoms with Crippen molar-refractivity contribution in [3.05, 3.63) is 39.8 Å². The number of rotatable bonds is 4. The summed E-state index contributed by atoms with van der Waals surface area (Å²) >= 11 is 8.96. The molecule has 1 aromatic heterocycles. The van der Waals surface area contributed by atoms with Crippen LogP contribution >= 0.6 is 27.5 Å². The van der Waals surface area contributed by atoms with Crippen LogP contribution < -0.4 is 10.5 Å². The van der Waals surface area contributed by atoms with Gasteiger partial charge in [-0.3, -0.25) is 0 Å². The number of nitrogen functional groups attached to an aromatic ring is 1. The van der Waals surface area contributed by atoms with Gasteiger partial charge in [-0.25, -0.2) is 18.1 Å². The van der Waals surface area contributed by atoms with Gasteiger partial charge in [-0.05, 0) is 28.1 Å². The maximum absolute atomic E-state index is 12.2. The van der Waals surface area contributed by atoms with E-state index in [1.807, 2.05) is 0 Å². The molecule has 0 aliphatic carbocycles. The number of nitrogens with zero attached hydrogens (tertiary/aromatic N) is 1. The minimum atomic E-state index is -3.73. The third-order valence-electron chi connectivity index (χ3n) is 2.31. The topological polar surface area (TPSA) is 101 Å². The number of anilines is 1. The van der Waals surface area contributed by atoms with Gasteiger partial charge in [0.15, 0.2) is 0 Å². The van der Waals surface area contributed by atoms with E-state index in [2.05, 4.69) is 30.6 Å². The lowest BCUT2D eigenvalue weighted by Gasteiger charge is -2.10. The van der Waals surface area contributed by atoms with Gasteiger partial charge < -0.3 is 10.7 Å². The molecule has 0 saturated carbocycles. The molecular weight excluding hydrogens is 356 g/mol. The van der Waals surface area contributed by atoms with Crippen molar-refractivity contribution >= 4 is 43.2 Å². The number of benzene rings is 1. The molecule has 0 atom stereocenters. The summed E-state index contributed by atoms with van der Waals surface area (Å²) in [4.78, 5) is 6.71. The average molecular weight is 366 g/mol. The molecule has 102 valence electrons. The number of aromatic amines is 1. The maximum Gasteiger partial charge on any atom is 0.242 e. The summed E-state index contributed by atoms with van der Waals surface area (Å²) in [5, 5.41) is 0.249. The minimum absolute atomic E-state index is 0.0101. The number of nitrogens with one attached hydrogen (secondary N) is 2. The summed E-state index contributed by atoms with van der Waals surface area (Å²) in [6.07, 6.45) is 3.15. The highest BCUT2D eigenvalue weighted by molar-refractivity contribution is 9.10. The van der Waals surface area contributed by atoms with E-state index in [0.717, 1.165) is 0 Å². The van der Waals surface area contributed by atoms with Gasteiger partial charge in [0.05, 0.1) is 15.9 Å². The summed E-state index contributed by atoms with van der Waals surface area (Å²) in [6, 6.07) is 2.80. The highest BCUT2D eigenvalue weighted by Gasteiger charge is 2.20. The molecule has 0 amide bonds. The Morgan fingerprint density at radius 3 is 2.84 bits per heavy atom. The normalized spacial score (nSPS) is 11.7. The van der Waals surface area contributed by atoms with Crippen LogP contribution in [0.15, 0.2) is 33.9 Å². The van der Waals surface area contributed by atoms with E-state index in [1.165, 1.54) is 18.3 Å². The number of imidazole rings is 1. The van der Waals surface area contributed by atoms with Crippen LogP contribution in [0.4, 0.5) is 5.69 Å². The zero-order valence-corrected chi connectivity index (χ0v) is 12.7. The third-order valence-corrected chi connectivity index (χ3v) is 5.10. The second-order valence-corrected chi connectivity index (χ2v) is 6.63. The van der Waals surface area contributed by atoms with Gasteiger partial charge in [0.1, 0.15) is 5.82 Å². The van der Waals surface area contributed by atoms with Crippen LogP contribution in [0.5, 0.6) is 0 Å². The van der Waals surface area contributed by atoms with Gasteiger partial charge in [-0.2, -0.15) is 0 Å². The molecule has 0 radical (unpaired) electrons. The Balaban J connectivity index is 2.29. The molecule has 0 spiro atoms. The van der Waals surface area contributed by atoms with Crippen LogP contribution in [0.25, 0.3) is 0 Å². The molecule has 0 bridgehead atoms. The smallest absolute Gasteiger partial charge is 0.242 e. The molecular formula is C10H10BrClN4O2S. The van der Waals surface area contributed by atoms with Crippen LogP contribution in [0.3, 0.4) is 0 Å². The maximum atomic E-state index is 12.2. The number of nitrogens with two attached hydrogens (primary N) is 1. The van der Waals surface area contributed by atoms with Crippen LogP contribution in [0, 0.1) is 0 Å². The fraction of sp³-hybridized carbons (Fsp3) is 0.100. The van der Waals surface area contributed by atoms with Gasteiger partial charge in [0, 0.05) is 23.1 Å². The Hall–Kier alpha value is -1.09. The summed E-state index contributed by atoms with van der Waals surface area (Å²) in [5.74, 6) is 0.509. The Morgan fingerprint density at radius 1 is 1.47 bits per heavy atom. The van der Waals surface area contributed by atoms with Crippen molar-refractivity contribution in [2.45, 2.75) is 11.4 Å². The fourth-order valence-corrected chi connectivity index (χ4v) is 3.69. The molecule has 0 saturated heterocycles. The molecule has 1 aromatic carbocycles. The van der Waals surface area contributed by atoms with Gasteiger partial charge in [-0.1, -0.05) is 11.6 Å². The predicted molar refractivity (Wildman–Crippen MR) is 76.2 cm³/mol. The molecule has 2 rings (SSSR count). The number of halogens is 2. The SMILES string of the molecule is Nc1cc(Cl)cc(S(=O)(=O)NCc2ncc[nH]2)c1Br. The van der Waals surface area contributed by atoms with E-state index in [0.29, 0.717) is 5.82 Å². The first-order valence-corrected chi connectivity index (χ1v) is 7.78. The molecule has 4 N–H and O–H groups in total. The highest BCUT2D eigenvalue weighted by atomic mass is 79.9. The second-order valence-electron chi connectivity index (χ2n) is 3.67. The zero-order chi connectivity index (χ0) is 14.0. The lowest BCUT2D eigenvalue weighted by atomic mass is 10.3. The van der Waals surface area contributed by atoms with Crippen molar-refractivity contribution in [2.24, 2.45) is 0 Å². The summed E-state index contributed by atoms with van der Waals surface area (Å²) in [5.41, 5.74) is 5.92. The van der Waals surface area contributed by atoms with Crippen molar-refractivity contribution in [1.29, 1.82) is 0 Å². The number of hydrogen-bond donors (Lipinski definition) is 3. The molecule has 0 fully saturated rings. The molecule has 6 nitrogen and oxygen atoms in total. The Labute approximate surface area is 123 Å². The van der Waals surface area contributed by atoms with E-state index < -0.39 is 10.0 Å². The molecule has 9 heteroatoms. The lowest BCUT2D eigenvalue weighted by molar-refractivity contribution is 0.579. The zero-order valence-electron chi connectivity index (χ0n) is 9.52. The number of hydrogen-bond acceptors (Lipinski definition) is 4. The van der Waals surface area contributed by atoms with Gasteiger partial charge in [0.2, 0.25) is 10.0 Å². The number of sulfonamides is 1. The summed E-state index contributed by atoms with van der Waals surface area (Å²) < 4.78 is 27.0. The largest absolute Gasteiger partial charge is 0.398 e. The third kappa shape index (κ3) is 3.27. The van der Waals surface area contributed by atoms with Crippen molar-refractivity contribution in [3.63, 3.8) is 0 Å². The fourth-order valence-electron chi connectivity index (χ4n) is 1.42. The number of aromatic nitrogens is 2. The monoisotopic (exact) mass is 364 g/mol. The van der Waals surface area contributed by atoms with Gasteiger partial charge in [-0.15, -0.1) is 0 Å². The minimum Gasteiger partial charge on any atom is -0.398 e. The average Bonchev–Trinajstić information content (AvgIpc) is 2.84. The summed E-state index contributed by atoms with van der Waals surface area (Å²) in [7, 11) is -3.73. The Kier molecular flexibility index (Phi) is 4.14. The van der Waals surface area contributed by atoms with Crippen LogP contribution in [-0.2, 0) is 16.6 Å². The van der Waals surface area contributed by atoms with Crippen LogP contribution in [-0.4, -0.2) is 18.4 Å². The molecule has 0 aliphatic heterocycles. The Morgan fingerprint density at radius 2 is 2.21 bits per heavy atom. The van der Waals surface area contributed by atoms with E-state index in [9.17, 15) is 8.42 Å². The number of H-pyrrole nitrogens is 1. The lowest BCUT2D eigenvalue weighted by Crippen LogP contribution is -2.24.